The Labute approximate surface area is 122 Å². The molecule has 20 heavy (non-hydrogen) atoms. The van der Waals surface area contributed by atoms with Gasteiger partial charge in [0, 0.05) is 17.6 Å². The molecule has 0 amide bonds. The van der Waals surface area contributed by atoms with Gasteiger partial charge in [-0.2, -0.15) is 0 Å². The first-order chi connectivity index (χ1) is 9.58. The molecule has 1 aromatic carbocycles. The van der Waals surface area contributed by atoms with E-state index in [0.717, 1.165) is 24.9 Å². The molecule has 1 unspecified atom stereocenters. The van der Waals surface area contributed by atoms with E-state index in [9.17, 15) is 0 Å². The molecule has 1 heterocycles. The van der Waals surface area contributed by atoms with Gasteiger partial charge in [0.05, 0.1) is 5.52 Å². The molecular weight excluding hydrogens is 244 g/mol. The number of aromatic nitrogens is 1. The summed E-state index contributed by atoms with van der Waals surface area (Å²) in [6, 6.07) is 11.2. The lowest BCUT2D eigenvalue weighted by molar-refractivity contribution is 0.235. The van der Waals surface area contributed by atoms with E-state index in [1.165, 1.54) is 10.9 Å². The SMILES string of the molecule is CCCNC(c1ccc2ncccc2c1)C(C)(C)CC. The molecule has 0 radical (unpaired) electrons. The second-order valence-electron chi connectivity index (χ2n) is 6.18. The highest BCUT2D eigenvalue weighted by atomic mass is 14.9. The number of fused-ring (bicyclic) bond motifs is 1. The highest BCUT2D eigenvalue weighted by molar-refractivity contribution is 5.79. The monoisotopic (exact) mass is 270 g/mol. The van der Waals surface area contributed by atoms with Crippen LogP contribution < -0.4 is 5.32 Å². The highest BCUT2D eigenvalue weighted by Crippen LogP contribution is 2.37. The maximum Gasteiger partial charge on any atom is 0.0702 e. The fourth-order valence-electron chi connectivity index (χ4n) is 2.61. The molecule has 1 aromatic heterocycles. The third-order valence-corrected chi connectivity index (χ3v) is 4.25. The Bertz CT molecular complexity index is 560. The van der Waals surface area contributed by atoms with Gasteiger partial charge in [0.1, 0.15) is 0 Å². The van der Waals surface area contributed by atoms with Crippen LogP contribution in [-0.4, -0.2) is 11.5 Å². The van der Waals surface area contributed by atoms with Crippen molar-refractivity contribution in [2.45, 2.75) is 46.6 Å². The number of nitrogens with zero attached hydrogens (tertiary/aromatic N) is 1. The smallest absolute Gasteiger partial charge is 0.0702 e. The number of nitrogens with one attached hydrogen (secondary N) is 1. The van der Waals surface area contributed by atoms with Crippen molar-refractivity contribution in [1.82, 2.24) is 10.3 Å². The van der Waals surface area contributed by atoms with Crippen molar-refractivity contribution in [3.63, 3.8) is 0 Å². The Kier molecular flexibility index (Phi) is 4.77. The van der Waals surface area contributed by atoms with E-state index in [-0.39, 0.29) is 5.41 Å². The van der Waals surface area contributed by atoms with Crippen LogP contribution in [0.25, 0.3) is 10.9 Å². The molecule has 2 nitrogen and oxygen atoms in total. The molecule has 0 fully saturated rings. The summed E-state index contributed by atoms with van der Waals surface area (Å²) >= 11 is 0. The summed E-state index contributed by atoms with van der Waals surface area (Å²) in [6.45, 7) is 10.2. The molecule has 2 heteroatoms. The Morgan fingerprint density at radius 1 is 1.20 bits per heavy atom. The van der Waals surface area contributed by atoms with Crippen LogP contribution in [0.3, 0.4) is 0 Å². The van der Waals surface area contributed by atoms with Crippen LogP contribution in [0.4, 0.5) is 0 Å². The minimum absolute atomic E-state index is 0.241. The minimum Gasteiger partial charge on any atom is -0.309 e. The van der Waals surface area contributed by atoms with Gasteiger partial charge in [0.25, 0.3) is 0 Å². The summed E-state index contributed by atoms with van der Waals surface area (Å²) in [6.07, 6.45) is 4.16. The van der Waals surface area contributed by atoms with E-state index >= 15 is 0 Å². The fraction of sp³-hybridized carbons (Fsp3) is 0.500. The van der Waals surface area contributed by atoms with Gasteiger partial charge in [0.15, 0.2) is 0 Å². The Morgan fingerprint density at radius 3 is 2.70 bits per heavy atom. The van der Waals surface area contributed by atoms with Crippen molar-refractivity contribution in [3.05, 3.63) is 42.1 Å². The summed E-state index contributed by atoms with van der Waals surface area (Å²) in [5.41, 5.74) is 2.68. The van der Waals surface area contributed by atoms with Gasteiger partial charge >= 0.3 is 0 Å². The van der Waals surface area contributed by atoms with Crippen LogP contribution in [0.5, 0.6) is 0 Å². The van der Waals surface area contributed by atoms with Gasteiger partial charge in [-0.3, -0.25) is 4.98 Å². The lowest BCUT2D eigenvalue weighted by Crippen LogP contribution is -2.34. The summed E-state index contributed by atoms with van der Waals surface area (Å²) in [5.74, 6) is 0. The molecule has 1 N–H and O–H groups in total. The summed E-state index contributed by atoms with van der Waals surface area (Å²) in [4.78, 5) is 4.41. The van der Waals surface area contributed by atoms with Crippen LogP contribution in [0.2, 0.25) is 0 Å². The second-order valence-corrected chi connectivity index (χ2v) is 6.18. The van der Waals surface area contributed by atoms with E-state index in [0.29, 0.717) is 6.04 Å². The van der Waals surface area contributed by atoms with E-state index in [1.807, 2.05) is 12.3 Å². The third-order valence-electron chi connectivity index (χ3n) is 4.25. The van der Waals surface area contributed by atoms with Crippen LogP contribution >= 0.6 is 0 Å². The van der Waals surface area contributed by atoms with E-state index in [1.54, 1.807) is 0 Å². The average Bonchev–Trinajstić information content (AvgIpc) is 2.47. The number of benzene rings is 1. The van der Waals surface area contributed by atoms with Crippen molar-refractivity contribution >= 4 is 10.9 Å². The van der Waals surface area contributed by atoms with Gasteiger partial charge in [0.2, 0.25) is 0 Å². The first-order valence-electron chi connectivity index (χ1n) is 7.66. The largest absolute Gasteiger partial charge is 0.309 e. The summed E-state index contributed by atoms with van der Waals surface area (Å²) < 4.78 is 0. The molecule has 108 valence electrons. The number of hydrogen-bond acceptors (Lipinski definition) is 2. The quantitative estimate of drug-likeness (QED) is 0.822. The van der Waals surface area contributed by atoms with Gasteiger partial charge < -0.3 is 5.32 Å². The Morgan fingerprint density at radius 2 is 2.00 bits per heavy atom. The second kappa shape index (κ2) is 6.36. The zero-order valence-corrected chi connectivity index (χ0v) is 13.1. The van der Waals surface area contributed by atoms with Crippen LogP contribution in [-0.2, 0) is 0 Å². The summed E-state index contributed by atoms with van der Waals surface area (Å²) in [7, 11) is 0. The van der Waals surface area contributed by atoms with E-state index in [4.69, 9.17) is 0 Å². The van der Waals surface area contributed by atoms with E-state index < -0.39 is 0 Å². The minimum atomic E-state index is 0.241. The first-order valence-corrected chi connectivity index (χ1v) is 7.66. The summed E-state index contributed by atoms with van der Waals surface area (Å²) in [5, 5.41) is 4.94. The fourth-order valence-corrected chi connectivity index (χ4v) is 2.61. The number of rotatable bonds is 6. The molecule has 0 aliphatic carbocycles. The molecule has 2 aromatic rings. The maximum absolute atomic E-state index is 4.41. The average molecular weight is 270 g/mol. The topological polar surface area (TPSA) is 24.9 Å². The predicted octanol–water partition coefficient (Wildman–Crippen LogP) is 4.71. The molecule has 0 bridgehead atoms. The molecule has 1 atom stereocenters. The van der Waals surface area contributed by atoms with Gasteiger partial charge in [-0.15, -0.1) is 0 Å². The van der Waals surface area contributed by atoms with Crippen LogP contribution in [0.15, 0.2) is 36.5 Å². The van der Waals surface area contributed by atoms with Gasteiger partial charge in [-0.05, 0) is 48.6 Å². The Hall–Kier alpha value is -1.41. The molecule has 0 saturated carbocycles. The van der Waals surface area contributed by atoms with Crippen molar-refractivity contribution in [3.8, 4) is 0 Å². The zero-order chi connectivity index (χ0) is 14.6. The first kappa shape index (κ1) is 15.0. The lowest BCUT2D eigenvalue weighted by atomic mass is 9.78. The molecule has 0 saturated heterocycles. The van der Waals surface area contributed by atoms with Crippen molar-refractivity contribution in [2.24, 2.45) is 5.41 Å². The van der Waals surface area contributed by atoms with Gasteiger partial charge in [-0.25, -0.2) is 0 Å². The van der Waals surface area contributed by atoms with Crippen molar-refractivity contribution in [1.29, 1.82) is 0 Å². The Balaban J connectivity index is 2.39. The zero-order valence-electron chi connectivity index (χ0n) is 13.1. The third kappa shape index (κ3) is 3.18. The number of pyridine rings is 1. The van der Waals surface area contributed by atoms with Crippen molar-refractivity contribution in [2.75, 3.05) is 6.54 Å². The molecule has 0 spiro atoms. The van der Waals surface area contributed by atoms with E-state index in [2.05, 4.69) is 62.3 Å². The van der Waals surface area contributed by atoms with Crippen LogP contribution in [0.1, 0.15) is 52.1 Å². The number of hydrogen-bond donors (Lipinski definition) is 1. The standard InChI is InChI=1S/C18H26N2/c1-5-11-20-17(18(3,4)6-2)15-9-10-16-14(13-15)8-7-12-19-16/h7-10,12-13,17,20H,5-6,11H2,1-4H3. The normalized spacial score (nSPS) is 13.6. The predicted molar refractivity (Wildman–Crippen MR) is 86.8 cm³/mol. The lowest BCUT2D eigenvalue weighted by Gasteiger charge is -2.35. The van der Waals surface area contributed by atoms with Crippen LogP contribution in [0, 0.1) is 5.41 Å². The van der Waals surface area contributed by atoms with Gasteiger partial charge in [-0.1, -0.05) is 39.8 Å². The molecule has 2 rings (SSSR count). The highest BCUT2D eigenvalue weighted by Gasteiger charge is 2.28. The molecular formula is C18H26N2. The van der Waals surface area contributed by atoms with Crippen molar-refractivity contribution < 1.29 is 0 Å². The maximum atomic E-state index is 4.41. The molecule has 0 aliphatic heterocycles. The molecule has 0 aliphatic rings.